The van der Waals surface area contributed by atoms with Crippen molar-refractivity contribution in [2.75, 3.05) is 11.3 Å². The number of hydrogen-bond donors (Lipinski definition) is 2. The third-order valence-corrected chi connectivity index (χ3v) is 5.89. The summed E-state index contributed by atoms with van der Waals surface area (Å²) < 4.78 is 40.3. The van der Waals surface area contributed by atoms with Crippen molar-refractivity contribution in [2.24, 2.45) is 0 Å². The van der Waals surface area contributed by atoms with Crippen molar-refractivity contribution < 1.29 is 12.8 Å². The van der Waals surface area contributed by atoms with Gasteiger partial charge in [-0.15, -0.1) is 11.3 Å². The third-order valence-electron chi connectivity index (χ3n) is 2.62. The zero-order chi connectivity index (χ0) is 15.5. The van der Waals surface area contributed by atoms with E-state index in [0.717, 1.165) is 17.5 Å². The summed E-state index contributed by atoms with van der Waals surface area (Å²) in [5.41, 5.74) is 0.138. The molecule has 1 aromatic carbocycles. The molecule has 0 aliphatic carbocycles. The Morgan fingerprint density at radius 2 is 2.05 bits per heavy atom. The molecule has 0 amide bonds. The average Bonchev–Trinajstić information content (AvgIpc) is 2.90. The Labute approximate surface area is 132 Å². The van der Waals surface area contributed by atoms with Gasteiger partial charge in [-0.25, -0.2) is 12.8 Å². The summed E-state index contributed by atoms with van der Waals surface area (Å²) in [6, 6.07) is 7.05. The van der Waals surface area contributed by atoms with Crippen molar-refractivity contribution in [1.29, 1.82) is 0 Å². The van der Waals surface area contributed by atoms with Gasteiger partial charge >= 0.3 is 0 Å². The van der Waals surface area contributed by atoms with Gasteiger partial charge in [0.25, 0.3) is 10.0 Å². The number of thiophene rings is 1. The average molecular weight is 349 g/mol. The van der Waals surface area contributed by atoms with E-state index in [-0.39, 0.29) is 14.9 Å². The van der Waals surface area contributed by atoms with Crippen molar-refractivity contribution in [3.05, 3.63) is 46.0 Å². The first-order valence-corrected chi connectivity index (χ1v) is 8.87. The highest BCUT2D eigenvalue weighted by molar-refractivity contribution is 7.94. The molecule has 2 aromatic rings. The van der Waals surface area contributed by atoms with Crippen LogP contribution in [0.5, 0.6) is 0 Å². The largest absolute Gasteiger partial charge is 0.312 e. The summed E-state index contributed by atoms with van der Waals surface area (Å²) in [6.45, 7) is 3.40. The fourth-order valence-corrected chi connectivity index (χ4v) is 4.10. The zero-order valence-electron chi connectivity index (χ0n) is 11.2. The van der Waals surface area contributed by atoms with Gasteiger partial charge in [0.05, 0.1) is 10.7 Å². The van der Waals surface area contributed by atoms with Crippen LogP contribution < -0.4 is 10.0 Å². The number of hydrogen-bond acceptors (Lipinski definition) is 4. The van der Waals surface area contributed by atoms with E-state index in [2.05, 4.69) is 10.0 Å². The first-order chi connectivity index (χ1) is 9.92. The Kier molecular flexibility index (Phi) is 5.21. The summed E-state index contributed by atoms with van der Waals surface area (Å²) in [6.07, 6.45) is 0. The van der Waals surface area contributed by atoms with E-state index in [4.69, 9.17) is 11.6 Å². The number of sulfonamides is 1. The number of rotatable bonds is 6. The summed E-state index contributed by atoms with van der Waals surface area (Å²) in [7, 11) is -3.72. The molecule has 0 saturated carbocycles. The molecule has 0 spiro atoms. The van der Waals surface area contributed by atoms with Crippen LogP contribution in [-0.4, -0.2) is 15.0 Å². The van der Waals surface area contributed by atoms with E-state index in [9.17, 15) is 12.8 Å². The van der Waals surface area contributed by atoms with Gasteiger partial charge < -0.3 is 5.32 Å². The predicted molar refractivity (Wildman–Crippen MR) is 83.9 cm³/mol. The van der Waals surface area contributed by atoms with Crippen LogP contribution in [-0.2, 0) is 16.6 Å². The second kappa shape index (κ2) is 6.74. The van der Waals surface area contributed by atoms with Gasteiger partial charge in [0, 0.05) is 11.4 Å². The minimum atomic E-state index is -3.72. The van der Waals surface area contributed by atoms with Gasteiger partial charge in [-0.2, -0.15) is 0 Å². The molecular weight excluding hydrogens is 335 g/mol. The smallest absolute Gasteiger partial charge is 0.271 e. The van der Waals surface area contributed by atoms with Crippen molar-refractivity contribution >= 4 is 38.6 Å². The lowest BCUT2D eigenvalue weighted by molar-refractivity contribution is 0.603. The minimum absolute atomic E-state index is 0.0537. The molecule has 1 heterocycles. The fraction of sp³-hybridized carbons (Fsp3) is 0.231. The Bertz CT molecular complexity index is 732. The molecule has 2 rings (SSSR count). The number of halogens is 2. The van der Waals surface area contributed by atoms with Crippen LogP contribution >= 0.6 is 22.9 Å². The minimum Gasteiger partial charge on any atom is -0.312 e. The van der Waals surface area contributed by atoms with Gasteiger partial charge in [-0.3, -0.25) is 4.72 Å². The quantitative estimate of drug-likeness (QED) is 0.840. The standard InChI is InChI=1S/C13H14ClFN2O2S2/c1-2-16-8-10-4-6-13(20-10)21(18,19)17-9-3-5-11(14)12(15)7-9/h3-7,16-17H,2,8H2,1H3. The van der Waals surface area contributed by atoms with E-state index in [1.807, 2.05) is 6.92 Å². The lowest BCUT2D eigenvalue weighted by atomic mass is 10.3. The summed E-state index contributed by atoms with van der Waals surface area (Å²) in [5, 5.41) is 3.07. The van der Waals surface area contributed by atoms with Gasteiger partial charge in [0.15, 0.2) is 0 Å². The van der Waals surface area contributed by atoms with E-state index < -0.39 is 15.8 Å². The molecule has 0 atom stereocenters. The van der Waals surface area contributed by atoms with E-state index in [1.165, 1.54) is 29.5 Å². The van der Waals surface area contributed by atoms with Crippen LogP contribution in [0, 0.1) is 5.82 Å². The lowest BCUT2D eigenvalue weighted by Crippen LogP contribution is -2.12. The van der Waals surface area contributed by atoms with Crippen LogP contribution in [0.1, 0.15) is 11.8 Å². The van der Waals surface area contributed by atoms with Gasteiger partial charge in [0.2, 0.25) is 0 Å². The predicted octanol–water partition coefficient (Wildman–Crippen LogP) is 3.45. The second-order valence-corrected chi connectivity index (χ2v) is 7.72. The normalized spacial score (nSPS) is 11.6. The van der Waals surface area contributed by atoms with Crippen LogP contribution in [0.3, 0.4) is 0 Å². The number of nitrogens with one attached hydrogen (secondary N) is 2. The Morgan fingerprint density at radius 1 is 1.29 bits per heavy atom. The second-order valence-electron chi connectivity index (χ2n) is 4.24. The van der Waals surface area contributed by atoms with Crippen LogP contribution in [0.2, 0.25) is 5.02 Å². The third kappa shape index (κ3) is 4.16. The Hall–Kier alpha value is -1.15. The van der Waals surface area contributed by atoms with Crippen molar-refractivity contribution in [1.82, 2.24) is 5.32 Å². The molecule has 0 aliphatic heterocycles. The monoisotopic (exact) mass is 348 g/mol. The first-order valence-electron chi connectivity index (χ1n) is 6.19. The molecule has 0 bridgehead atoms. The maximum absolute atomic E-state index is 13.3. The SMILES string of the molecule is CCNCc1ccc(S(=O)(=O)Nc2ccc(Cl)c(F)c2)s1. The van der Waals surface area contributed by atoms with Crippen molar-refractivity contribution in [3.8, 4) is 0 Å². The van der Waals surface area contributed by atoms with Gasteiger partial charge in [-0.05, 0) is 36.9 Å². The van der Waals surface area contributed by atoms with Crippen molar-refractivity contribution in [2.45, 2.75) is 17.7 Å². The maximum Gasteiger partial charge on any atom is 0.271 e. The topological polar surface area (TPSA) is 58.2 Å². The first kappa shape index (κ1) is 16.2. The highest BCUT2D eigenvalue weighted by Gasteiger charge is 2.17. The lowest BCUT2D eigenvalue weighted by Gasteiger charge is -2.06. The molecule has 114 valence electrons. The Morgan fingerprint density at radius 3 is 2.71 bits per heavy atom. The zero-order valence-corrected chi connectivity index (χ0v) is 13.6. The maximum atomic E-state index is 13.3. The number of benzene rings is 1. The number of anilines is 1. The van der Waals surface area contributed by atoms with Crippen LogP contribution in [0.15, 0.2) is 34.5 Å². The molecule has 8 heteroatoms. The highest BCUT2D eigenvalue weighted by atomic mass is 35.5. The molecule has 0 fully saturated rings. The molecule has 0 aliphatic rings. The van der Waals surface area contributed by atoms with Crippen LogP contribution in [0.4, 0.5) is 10.1 Å². The molecule has 4 nitrogen and oxygen atoms in total. The molecule has 0 unspecified atom stereocenters. The van der Waals surface area contributed by atoms with E-state index in [1.54, 1.807) is 6.07 Å². The van der Waals surface area contributed by atoms with Gasteiger partial charge in [-0.1, -0.05) is 18.5 Å². The molecule has 0 saturated heterocycles. The summed E-state index contributed by atoms with van der Waals surface area (Å²) >= 11 is 6.74. The van der Waals surface area contributed by atoms with E-state index in [0.29, 0.717) is 6.54 Å². The summed E-state index contributed by atoms with van der Waals surface area (Å²) in [4.78, 5) is 0.916. The van der Waals surface area contributed by atoms with E-state index >= 15 is 0 Å². The molecular formula is C13H14ClFN2O2S2. The van der Waals surface area contributed by atoms with Crippen LogP contribution in [0.25, 0.3) is 0 Å². The van der Waals surface area contributed by atoms with Crippen molar-refractivity contribution in [3.63, 3.8) is 0 Å². The van der Waals surface area contributed by atoms with Gasteiger partial charge in [0.1, 0.15) is 10.0 Å². The molecule has 0 radical (unpaired) electrons. The Balaban J connectivity index is 2.17. The summed E-state index contributed by atoms with van der Waals surface area (Å²) in [5.74, 6) is -0.670. The molecule has 1 aromatic heterocycles. The molecule has 21 heavy (non-hydrogen) atoms. The highest BCUT2D eigenvalue weighted by Crippen LogP contribution is 2.25. The molecule has 2 N–H and O–H groups in total. The fourth-order valence-electron chi connectivity index (χ4n) is 1.61.